The summed E-state index contributed by atoms with van der Waals surface area (Å²) in [6, 6.07) is 0. The maximum Gasteiger partial charge on any atom is 0.335 e. The Morgan fingerprint density at radius 2 is 1.70 bits per heavy atom. The van der Waals surface area contributed by atoms with E-state index < -0.39 is 11.7 Å². The molecule has 0 aliphatic rings. The second-order valence-electron chi connectivity index (χ2n) is 4.83. The molecule has 0 saturated heterocycles. The highest BCUT2D eigenvalue weighted by Gasteiger charge is 2.34. The van der Waals surface area contributed by atoms with Crippen molar-refractivity contribution in [3.05, 3.63) is 12.2 Å². The van der Waals surface area contributed by atoms with E-state index in [1.165, 1.54) is 13.8 Å². The number of ether oxygens (including phenoxy) is 1. The summed E-state index contributed by atoms with van der Waals surface area (Å²) in [6.07, 6.45) is 1.48. The Morgan fingerprint density at radius 1 is 1.10 bits per heavy atom. The summed E-state index contributed by atoms with van der Waals surface area (Å²) in [5.74, 6) is -1.03. The van der Waals surface area contributed by atoms with Crippen molar-refractivity contribution in [1.82, 2.24) is 10.6 Å². The minimum absolute atomic E-state index is 0.176. The van der Waals surface area contributed by atoms with E-state index in [2.05, 4.69) is 17.2 Å². The average Bonchev–Trinajstić information content (AvgIpc) is 2.27. The van der Waals surface area contributed by atoms with Crippen LogP contribution in [0.1, 0.15) is 47.0 Å². The predicted molar refractivity (Wildman–Crippen MR) is 75.7 cm³/mol. The van der Waals surface area contributed by atoms with Crippen LogP contribution in [-0.2, 0) is 19.1 Å². The molecule has 20 heavy (non-hydrogen) atoms. The number of carbonyl (C=O) groups excluding carboxylic acids is 3. The Morgan fingerprint density at radius 3 is 2.10 bits per heavy atom. The third-order valence-electron chi connectivity index (χ3n) is 2.60. The van der Waals surface area contributed by atoms with Gasteiger partial charge in [0.1, 0.15) is 0 Å². The van der Waals surface area contributed by atoms with Gasteiger partial charge in [-0.15, -0.1) is 0 Å². The summed E-state index contributed by atoms with van der Waals surface area (Å²) in [5.41, 5.74) is -0.852. The molecule has 2 amide bonds. The van der Waals surface area contributed by atoms with Crippen LogP contribution >= 0.6 is 0 Å². The molecule has 0 aliphatic carbocycles. The molecule has 0 fully saturated rings. The molecule has 0 spiro atoms. The first-order chi connectivity index (χ1) is 9.22. The Bertz CT molecular complexity index is 393. The van der Waals surface area contributed by atoms with E-state index in [1.807, 2.05) is 6.92 Å². The first-order valence-corrected chi connectivity index (χ1v) is 6.64. The molecule has 6 heteroatoms. The van der Waals surface area contributed by atoms with Gasteiger partial charge < -0.3 is 15.4 Å². The van der Waals surface area contributed by atoms with Crippen LogP contribution in [-0.4, -0.2) is 30.1 Å². The summed E-state index contributed by atoms with van der Waals surface area (Å²) >= 11 is 0. The fraction of sp³-hybridized carbons (Fsp3) is 0.643. The molecule has 0 aromatic heterocycles. The number of amides is 2. The van der Waals surface area contributed by atoms with Gasteiger partial charge in [-0.3, -0.25) is 9.59 Å². The van der Waals surface area contributed by atoms with Crippen LogP contribution in [0.2, 0.25) is 0 Å². The van der Waals surface area contributed by atoms with Gasteiger partial charge in [0.15, 0.2) is 5.72 Å². The molecular formula is C14H24N2O4. The molecule has 0 radical (unpaired) electrons. The van der Waals surface area contributed by atoms with Crippen molar-refractivity contribution < 1.29 is 19.1 Å². The summed E-state index contributed by atoms with van der Waals surface area (Å²) < 4.78 is 5.41. The predicted octanol–water partition coefficient (Wildman–Crippen LogP) is 1.26. The van der Waals surface area contributed by atoms with Crippen molar-refractivity contribution in [2.75, 3.05) is 6.54 Å². The highest BCUT2D eigenvalue weighted by atomic mass is 16.6. The Balaban J connectivity index is 5.01. The standard InChI is InChI=1S/C14H24N2O4/c1-6-7-14(16-12(5)18,8-9-15-11(4)17)20-13(19)10(2)3/h2,6-9H2,1,3-5H3,(H,15,17)(H,16,18). The zero-order valence-corrected chi connectivity index (χ0v) is 12.7. The van der Waals surface area contributed by atoms with Gasteiger partial charge in [-0.05, 0) is 6.92 Å². The van der Waals surface area contributed by atoms with Crippen LogP contribution in [0, 0.1) is 0 Å². The van der Waals surface area contributed by atoms with Crippen molar-refractivity contribution in [1.29, 1.82) is 0 Å². The smallest absolute Gasteiger partial charge is 0.335 e. The maximum atomic E-state index is 11.8. The van der Waals surface area contributed by atoms with Crippen molar-refractivity contribution in [2.24, 2.45) is 0 Å². The molecule has 2 N–H and O–H groups in total. The Kier molecular flexibility index (Phi) is 7.57. The van der Waals surface area contributed by atoms with Gasteiger partial charge in [-0.2, -0.15) is 0 Å². The second-order valence-corrected chi connectivity index (χ2v) is 4.83. The highest BCUT2D eigenvalue weighted by Crippen LogP contribution is 2.21. The molecule has 0 aliphatic heterocycles. The van der Waals surface area contributed by atoms with E-state index >= 15 is 0 Å². The van der Waals surface area contributed by atoms with Gasteiger partial charge in [0, 0.05) is 38.8 Å². The van der Waals surface area contributed by atoms with E-state index in [4.69, 9.17) is 4.74 Å². The van der Waals surface area contributed by atoms with Crippen LogP contribution in [0.5, 0.6) is 0 Å². The average molecular weight is 284 g/mol. The van der Waals surface area contributed by atoms with Crippen LogP contribution < -0.4 is 10.6 Å². The molecule has 114 valence electrons. The molecule has 6 nitrogen and oxygen atoms in total. The third kappa shape index (κ3) is 6.92. The number of hydrogen-bond donors (Lipinski definition) is 2. The molecule has 1 unspecified atom stereocenters. The molecule has 0 heterocycles. The first-order valence-electron chi connectivity index (χ1n) is 6.64. The lowest BCUT2D eigenvalue weighted by molar-refractivity contribution is -0.163. The summed E-state index contributed by atoms with van der Waals surface area (Å²) in [5, 5.41) is 5.31. The summed E-state index contributed by atoms with van der Waals surface area (Å²) in [7, 11) is 0. The topological polar surface area (TPSA) is 84.5 Å². The first kappa shape index (κ1) is 18.1. The van der Waals surface area contributed by atoms with Crippen LogP contribution in [0.25, 0.3) is 0 Å². The van der Waals surface area contributed by atoms with E-state index in [9.17, 15) is 14.4 Å². The van der Waals surface area contributed by atoms with Gasteiger partial charge in [0.05, 0.1) is 0 Å². The number of rotatable bonds is 8. The van der Waals surface area contributed by atoms with E-state index in [0.717, 1.165) is 0 Å². The van der Waals surface area contributed by atoms with Crippen LogP contribution in [0.15, 0.2) is 12.2 Å². The molecule has 0 aromatic rings. The van der Waals surface area contributed by atoms with Crippen LogP contribution in [0.4, 0.5) is 0 Å². The molecule has 1 atom stereocenters. The maximum absolute atomic E-state index is 11.8. The van der Waals surface area contributed by atoms with Gasteiger partial charge in [0.25, 0.3) is 0 Å². The molecule has 0 bridgehead atoms. The molecule has 0 rings (SSSR count). The zero-order valence-electron chi connectivity index (χ0n) is 12.7. The van der Waals surface area contributed by atoms with Crippen molar-refractivity contribution in [3.63, 3.8) is 0 Å². The summed E-state index contributed by atoms with van der Waals surface area (Å²) in [4.78, 5) is 34.0. The van der Waals surface area contributed by atoms with Crippen molar-refractivity contribution in [2.45, 2.75) is 52.7 Å². The number of carbonyl (C=O) groups is 3. The van der Waals surface area contributed by atoms with E-state index in [0.29, 0.717) is 25.8 Å². The fourth-order valence-electron chi connectivity index (χ4n) is 1.81. The number of nitrogens with one attached hydrogen (secondary N) is 2. The lowest BCUT2D eigenvalue weighted by Gasteiger charge is -2.34. The van der Waals surface area contributed by atoms with Crippen molar-refractivity contribution in [3.8, 4) is 0 Å². The third-order valence-corrected chi connectivity index (χ3v) is 2.60. The fourth-order valence-corrected chi connectivity index (χ4v) is 1.81. The summed E-state index contributed by atoms with van der Waals surface area (Å²) in [6.45, 7) is 10.1. The zero-order chi connectivity index (χ0) is 15.8. The monoisotopic (exact) mass is 284 g/mol. The van der Waals surface area contributed by atoms with Crippen LogP contribution in [0.3, 0.4) is 0 Å². The molecule has 0 aromatic carbocycles. The van der Waals surface area contributed by atoms with Gasteiger partial charge >= 0.3 is 5.97 Å². The minimum atomic E-state index is -1.11. The normalized spacial score (nSPS) is 13.0. The van der Waals surface area contributed by atoms with Gasteiger partial charge in [-0.25, -0.2) is 4.79 Å². The highest BCUT2D eigenvalue weighted by molar-refractivity contribution is 5.87. The molecular weight excluding hydrogens is 260 g/mol. The van der Waals surface area contributed by atoms with Crippen molar-refractivity contribution >= 4 is 17.8 Å². The lowest BCUT2D eigenvalue weighted by atomic mass is 10.0. The van der Waals surface area contributed by atoms with Gasteiger partial charge in [-0.1, -0.05) is 19.9 Å². The number of hydrogen-bond acceptors (Lipinski definition) is 4. The SMILES string of the molecule is C=C(C)C(=O)OC(CCC)(CCNC(C)=O)NC(C)=O. The Labute approximate surface area is 119 Å². The molecule has 0 saturated carbocycles. The second kappa shape index (κ2) is 8.35. The number of esters is 1. The van der Waals surface area contributed by atoms with Gasteiger partial charge in [0.2, 0.25) is 11.8 Å². The largest absolute Gasteiger partial charge is 0.436 e. The Hall–Kier alpha value is -1.85. The van der Waals surface area contributed by atoms with E-state index in [-0.39, 0.29) is 17.4 Å². The quantitative estimate of drug-likeness (QED) is 0.399. The lowest BCUT2D eigenvalue weighted by Crippen LogP contribution is -2.52. The van der Waals surface area contributed by atoms with E-state index in [1.54, 1.807) is 6.92 Å². The minimum Gasteiger partial charge on any atom is -0.436 e.